The van der Waals surface area contributed by atoms with Gasteiger partial charge in [0.2, 0.25) is 0 Å². The van der Waals surface area contributed by atoms with Gasteiger partial charge >= 0.3 is 0 Å². The lowest BCUT2D eigenvalue weighted by Crippen LogP contribution is -2.41. The molecule has 0 spiro atoms. The van der Waals surface area contributed by atoms with Gasteiger partial charge in [-0.1, -0.05) is 54.6 Å². The molecule has 0 radical (unpaired) electrons. The van der Waals surface area contributed by atoms with Crippen LogP contribution >= 0.6 is 0 Å². The number of rotatable bonds is 7. The van der Waals surface area contributed by atoms with E-state index in [1.165, 1.54) is 0 Å². The highest BCUT2D eigenvalue weighted by Gasteiger charge is 2.23. The van der Waals surface area contributed by atoms with Gasteiger partial charge in [0.25, 0.3) is 5.91 Å². The minimum Gasteiger partial charge on any atom is -0.457 e. The van der Waals surface area contributed by atoms with Gasteiger partial charge < -0.3 is 26.1 Å². The second kappa shape index (κ2) is 10.9. The Bertz CT molecular complexity index is 1700. The predicted molar refractivity (Wildman–Crippen MR) is 160 cm³/mol. The van der Waals surface area contributed by atoms with Crippen molar-refractivity contribution in [3.8, 4) is 11.5 Å². The molecule has 0 bridgehead atoms. The Labute approximate surface area is 233 Å². The summed E-state index contributed by atoms with van der Waals surface area (Å²) in [6.45, 7) is 0.440. The summed E-state index contributed by atoms with van der Waals surface area (Å²) in [5, 5.41) is 14.3. The number of nitrogens with zero attached hydrogens (tertiary/aromatic N) is 1. The Hall–Kier alpha value is -4.62. The van der Waals surface area contributed by atoms with Crippen LogP contribution in [-0.2, 0) is 6.54 Å². The zero-order valence-corrected chi connectivity index (χ0v) is 22.3. The summed E-state index contributed by atoms with van der Waals surface area (Å²) >= 11 is 0. The van der Waals surface area contributed by atoms with Crippen molar-refractivity contribution in [1.29, 1.82) is 5.41 Å². The third-order valence-corrected chi connectivity index (χ3v) is 7.78. The lowest BCUT2D eigenvalue weighted by molar-refractivity contribution is 0.0917. The standard InChI is InChI=1S/C33H33N5O2/c34-25-12-14-26(15-13-25)37-33(39)31-18-22-10-11-23(32(35)36)19-30(22)38(31)20-24-17-28(40-27-7-2-1-3-8-27)16-21-6-4-5-9-29(21)24/h1-11,16-19,25-26H,12-15,20,34H2,(H3,35,36)(H,37,39). The highest BCUT2D eigenvalue weighted by molar-refractivity contribution is 6.02. The van der Waals surface area contributed by atoms with Crippen LogP contribution in [0.15, 0.2) is 91.0 Å². The molecule has 7 nitrogen and oxygen atoms in total. The monoisotopic (exact) mass is 531 g/mol. The van der Waals surface area contributed by atoms with Crippen molar-refractivity contribution in [2.45, 2.75) is 44.3 Å². The first-order chi connectivity index (χ1) is 19.4. The number of para-hydroxylation sites is 1. The zero-order chi connectivity index (χ0) is 27.6. The Morgan fingerprint density at radius 3 is 2.40 bits per heavy atom. The summed E-state index contributed by atoms with van der Waals surface area (Å²) in [5.74, 6) is 1.36. The Morgan fingerprint density at radius 1 is 0.875 bits per heavy atom. The molecule has 7 heteroatoms. The number of aromatic nitrogens is 1. The first-order valence-electron chi connectivity index (χ1n) is 13.7. The SMILES string of the molecule is N=C(N)c1ccc2cc(C(=O)NC3CCC(N)CC3)n(Cc3cc(Oc4ccccc4)cc4ccccc34)c2c1. The third-order valence-electron chi connectivity index (χ3n) is 7.78. The summed E-state index contributed by atoms with van der Waals surface area (Å²) in [6, 6.07) is 29.9. The molecular formula is C33H33N5O2. The van der Waals surface area contributed by atoms with Gasteiger partial charge in [0.1, 0.15) is 23.0 Å². The van der Waals surface area contributed by atoms with E-state index in [1.54, 1.807) is 0 Å². The molecule has 6 rings (SSSR count). The van der Waals surface area contributed by atoms with Crippen LogP contribution in [0.1, 0.15) is 47.3 Å². The van der Waals surface area contributed by atoms with E-state index in [0.717, 1.165) is 64.4 Å². The summed E-state index contributed by atoms with van der Waals surface area (Å²) in [5.41, 5.74) is 15.0. The molecule has 1 heterocycles. The molecule has 1 saturated carbocycles. The van der Waals surface area contributed by atoms with E-state index in [0.29, 0.717) is 17.8 Å². The number of benzene rings is 4. The van der Waals surface area contributed by atoms with Gasteiger partial charge in [-0.3, -0.25) is 10.2 Å². The lowest BCUT2D eigenvalue weighted by atomic mass is 9.92. The average molecular weight is 532 g/mol. The molecule has 1 aromatic heterocycles. The van der Waals surface area contributed by atoms with Crippen LogP contribution in [-0.4, -0.2) is 28.4 Å². The van der Waals surface area contributed by atoms with E-state index in [4.69, 9.17) is 21.6 Å². The fourth-order valence-electron chi connectivity index (χ4n) is 5.65. The first-order valence-corrected chi connectivity index (χ1v) is 13.7. The van der Waals surface area contributed by atoms with Crippen molar-refractivity contribution < 1.29 is 9.53 Å². The van der Waals surface area contributed by atoms with Crippen molar-refractivity contribution in [2.24, 2.45) is 11.5 Å². The normalized spacial score (nSPS) is 17.1. The summed E-state index contributed by atoms with van der Waals surface area (Å²) in [6.07, 6.45) is 3.59. The maximum atomic E-state index is 13.7. The highest BCUT2D eigenvalue weighted by Crippen LogP contribution is 2.31. The minimum atomic E-state index is -0.109. The number of carbonyl (C=O) groups is 1. The Balaban J connectivity index is 1.43. The summed E-state index contributed by atoms with van der Waals surface area (Å²) < 4.78 is 8.26. The maximum absolute atomic E-state index is 13.7. The topological polar surface area (TPSA) is 119 Å². The second-order valence-corrected chi connectivity index (χ2v) is 10.6. The van der Waals surface area contributed by atoms with Crippen molar-refractivity contribution in [3.05, 3.63) is 108 Å². The number of nitrogen functional groups attached to an aromatic ring is 1. The molecule has 1 fully saturated rings. The molecule has 1 aliphatic rings. The predicted octanol–water partition coefficient (Wildman–Crippen LogP) is 5.92. The molecule has 0 saturated heterocycles. The fraction of sp³-hybridized carbons (Fsp3) is 0.212. The molecule has 4 aromatic carbocycles. The number of nitrogens with two attached hydrogens (primary N) is 2. The largest absolute Gasteiger partial charge is 0.457 e. The zero-order valence-electron chi connectivity index (χ0n) is 22.3. The van der Waals surface area contributed by atoms with E-state index in [1.807, 2.05) is 83.4 Å². The number of amides is 1. The number of ether oxygens (including phenoxy) is 1. The molecule has 1 amide bonds. The van der Waals surface area contributed by atoms with Crippen molar-refractivity contribution in [1.82, 2.24) is 9.88 Å². The molecule has 0 atom stereocenters. The number of carbonyl (C=O) groups excluding carboxylic acids is 1. The quantitative estimate of drug-likeness (QED) is 0.154. The Kier molecular flexibility index (Phi) is 6.97. The van der Waals surface area contributed by atoms with E-state index in [9.17, 15) is 4.79 Å². The van der Waals surface area contributed by atoms with Crippen LogP contribution in [0.5, 0.6) is 11.5 Å². The van der Waals surface area contributed by atoms with Gasteiger partial charge in [-0.15, -0.1) is 0 Å². The summed E-state index contributed by atoms with van der Waals surface area (Å²) in [7, 11) is 0. The highest BCUT2D eigenvalue weighted by atomic mass is 16.5. The maximum Gasteiger partial charge on any atom is 0.268 e. The number of fused-ring (bicyclic) bond motifs is 2. The molecule has 202 valence electrons. The van der Waals surface area contributed by atoms with E-state index < -0.39 is 0 Å². The summed E-state index contributed by atoms with van der Waals surface area (Å²) in [4.78, 5) is 13.7. The number of hydrogen-bond donors (Lipinski definition) is 4. The van der Waals surface area contributed by atoms with Crippen molar-refractivity contribution in [3.63, 3.8) is 0 Å². The Morgan fingerprint density at radius 2 is 1.62 bits per heavy atom. The second-order valence-electron chi connectivity index (χ2n) is 10.6. The third kappa shape index (κ3) is 5.28. The van der Waals surface area contributed by atoms with Gasteiger partial charge in [0, 0.05) is 35.1 Å². The van der Waals surface area contributed by atoms with Crippen LogP contribution < -0.4 is 21.5 Å². The van der Waals surface area contributed by atoms with Crippen molar-refractivity contribution in [2.75, 3.05) is 0 Å². The van der Waals surface area contributed by atoms with E-state index >= 15 is 0 Å². The molecule has 40 heavy (non-hydrogen) atoms. The van der Waals surface area contributed by atoms with Gasteiger partial charge in [-0.2, -0.15) is 0 Å². The first kappa shape index (κ1) is 25.6. The molecule has 0 unspecified atom stereocenters. The molecule has 0 aliphatic heterocycles. The van der Waals surface area contributed by atoms with Crippen LogP contribution in [0.25, 0.3) is 21.7 Å². The van der Waals surface area contributed by atoms with Crippen molar-refractivity contribution >= 4 is 33.4 Å². The van der Waals surface area contributed by atoms with Crippen LogP contribution in [0.3, 0.4) is 0 Å². The number of hydrogen-bond acceptors (Lipinski definition) is 4. The van der Waals surface area contributed by atoms with Gasteiger partial charge in [-0.25, -0.2) is 0 Å². The number of amidine groups is 1. The lowest BCUT2D eigenvalue weighted by Gasteiger charge is -2.27. The van der Waals surface area contributed by atoms with Gasteiger partial charge in [-0.05, 0) is 78.4 Å². The number of nitrogens with one attached hydrogen (secondary N) is 2. The van der Waals surface area contributed by atoms with Gasteiger partial charge in [0.15, 0.2) is 0 Å². The average Bonchev–Trinajstić information content (AvgIpc) is 3.32. The van der Waals surface area contributed by atoms with Crippen LogP contribution in [0, 0.1) is 5.41 Å². The molecular weight excluding hydrogens is 498 g/mol. The smallest absolute Gasteiger partial charge is 0.268 e. The molecule has 5 aromatic rings. The van der Waals surface area contributed by atoms with Crippen LogP contribution in [0.4, 0.5) is 0 Å². The van der Waals surface area contributed by atoms with Crippen LogP contribution in [0.2, 0.25) is 0 Å². The van der Waals surface area contributed by atoms with Gasteiger partial charge in [0.05, 0.1) is 0 Å². The van der Waals surface area contributed by atoms with E-state index in [-0.39, 0.29) is 23.8 Å². The molecule has 6 N–H and O–H groups in total. The van der Waals surface area contributed by atoms with E-state index in [2.05, 4.69) is 17.4 Å². The fourth-order valence-corrected chi connectivity index (χ4v) is 5.65. The molecule has 1 aliphatic carbocycles. The minimum absolute atomic E-state index is 0.0112.